The first-order chi connectivity index (χ1) is 11.2. The minimum Gasteiger partial charge on any atom is -0.495 e. The van der Waals surface area contributed by atoms with E-state index in [0.717, 1.165) is 22.3 Å². The van der Waals surface area contributed by atoms with Crippen molar-refractivity contribution in [2.75, 3.05) is 12.8 Å². The summed E-state index contributed by atoms with van der Waals surface area (Å²) >= 11 is 0. The van der Waals surface area contributed by atoms with E-state index in [1.165, 1.54) is 0 Å². The predicted molar refractivity (Wildman–Crippen MR) is 93.3 cm³/mol. The van der Waals surface area contributed by atoms with Gasteiger partial charge in [-0.25, -0.2) is 0 Å². The SMILES string of the molecule is COc1ccc([C@@H](O)c2ccc(-c3ccccc3)cc2)cc1N. The van der Waals surface area contributed by atoms with Gasteiger partial charge in [-0.1, -0.05) is 60.7 Å². The van der Waals surface area contributed by atoms with Crippen molar-refractivity contribution < 1.29 is 9.84 Å². The molecule has 3 heteroatoms. The summed E-state index contributed by atoms with van der Waals surface area (Å²) in [7, 11) is 1.57. The highest BCUT2D eigenvalue weighted by Gasteiger charge is 2.12. The lowest BCUT2D eigenvalue weighted by Crippen LogP contribution is -2.01. The van der Waals surface area contributed by atoms with Crippen LogP contribution in [0.3, 0.4) is 0 Å². The molecular formula is C20H19NO2. The summed E-state index contributed by atoms with van der Waals surface area (Å²) in [6.45, 7) is 0. The van der Waals surface area contributed by atoms with E-state index in [0.29, 0.717) is 11.4 Å². The molecule has 0 amide bonds. The summed E-state index contributed by atoms with van der Waals surface area (Å²) in [6, 6.07) is 23.4. The minimum absolute atomic E-state index is 0.518. The Morgan fingerprint density at radius 1 is 0.826 bits per heavy atom. The molecule has 0 saturated carbocycles. The molecule has 3 nitrogen and oxygen atoms in total. The molecule has 0 spiro atoms. The minimum atomic E-state index is -0.715. The monoisotopic (exact) mass is 305 g/mol. The molecule has 1 atom stereocenters. The molecule has 0 unspecified atom stereocenters. The van der Waals surface area contributed by atoms with Crippen LogP contribution in [0.2, 0.25) is 0 Å². The van der Waals surface area contributed by atoms with Crippen molar-refractivity contribution in [1.82, 2.24) is 0 Å². The number of nitrogens with two attached hydrogens (primary N) is 1. The van der Waals surface area contributed by atoms with Crippen LogP contribution in [0, 0.1) is 0 Å². The maximum atomic E-state index is 10.5. The zero-order valence-electron chi connectivity index (χ0n) is 12.9. The summed E-state index contributed by atoms with van der Waals surface area (Å²) in [5.41, 5.74) is 10.3. The number of nitrogen functional groups attached to an aromatic ring is 1. The van der Waals surface area contributed by atoms with E-state index in [4.69, 9.17) is 10.5 Å². The summed E-state index contributed by atoms with van der Waals surface area (Å²) < 4.78 is 5.14. The molecule has 3 N–H and O–H groups in total. The molecule has 0 aliphatic rings. The fraction of sp³-hybridized carbons (Fsp3) is 0.100. The van der Waals surface area contributed by atoms with E-state index in [9.17, 15) is 5.11 Å². The van der Waals surface area contributed by atoms with E-state index >= 15 is 0 Å². The molecule has 23 heavy (non-hydrogen) atoms. The van der Waals surface area contributed by atoms with E-state index in [-0.39, 0.29) is 0 Å². The number of aliphatic hydroxyl groups is 1. The van der Waals surface area contributed by atoms with E-state index < -0.39 is 6.10 Å². The van der Waals surface area contributed by atoms with Gasteiger partial charge in [0.15, 0.2) is 0 Å². The Kier molecular flexibility index (Phi) is 4.31. The molecule has 0 aliphatic carbocycles. The third-order valence-electron chi connectivity index (χ3n) is 3.90. The summed E-state index contributed by atoms with van der Waals surface area (Å²) in [6.07, 6.45) is -0.715. The standard InChI is InChI=1S/C20H19NO2/c1-23-19-12-11-17(13-18(19)21)20(22)16-9-7-15(8-10-16)14-5-3-2-4-6-14/h2-13,20,22H,21H2,1H3/t20-/m0/s1. The second kappa shape index (κ2) is 6.55. The van der Waals surface area contributed by atoms with Gasteiger partial charge in [-0.3, -0.25) is 0 Å². The van der Waals surface area contributed by atoms with Gasteiger partial charge < -0.3 is 15.6 Å². The van der Waals surface area contributed by atoms with Gasteiger partial charge in [0.2, 0.25) is 0 Å². The van der Waals surface area contributed by atoms with Gasteiger partial charge in [-0.15, -0.1) is 0 Å². The number of hydrogen-bond acceptors (Lipinski definition) is 3. The molecule has 0 heterocycles. The molecule has 0 saturated heterocycles. The van der Waals surface area contributed by atoms with Crippen LogP contribution in [0.15, 0.2) is 72.8 Å². The number of anilines is 1. The number of ether oxygens (including phenoxy) is 1. The molecule has 0 radical (unpaired) electrons. The van der Waals surface area contributed by atoms with Crippen molar-refractivity contribution in [2.45, 2.75) is 6.10 Å². The van der Waals surface area contributed by atoms with Crippen molar-refractivity contribution in [3.8, 4) is 16.9 Å². The van der Waals surface area contributed by atoms with Crippen LogP contribution in [-0.2, 0) is 0 Å². The lowest BCUT2D eigenvalue weighted by molar-refractivity contribution is 0.220. The predicted octanol–water partition coefficient (Wildman–Crippen LogP) is 4.03. The van der Waals surface area contributed by atoms with E-state index in [1.807, 2.05) is 48.5 Å². The average molecular weight is 305 g/mol. The maximum Gasteiger partial charge on any atom is 0.141 e. The Hall–Kier alpha value is -2.78. The second-order valence-electron chi connectivity index (χ2n) is 5.39. The molecule has 3 rings (SSSR count). The quantitative estimate of drug-likeness (QED) is 0.716. The zero-order valence-corrected chi connectivity index (χ0v) is 12.9. The van der Waals surface area contributed by atoms with Gasteiger partial charge in [0.05, 0.1) is 12.8 Å². The highest BCUT2D eigenvalue weighted by molar-refractivity contribution is 5.63. The van der Waals surface area contributed by atoms with Gasteiger partial charge in [-0.05, 0) is 34.4 Å². The summed E-state index contributed by atoms with van der Waals surface area (Å²) in [5.74, 6) is 0.611. The number of hydrogen-bond donors (Lipinski definition) is 2. The highest BCUT2D eigenvalue weighted by atomic mass is 16.5. The second-order valence-corrected chi connectivity index (χ2v) is 5.39. The van der Waals surface area contributed by atoms with Gasteiger partial charge >= 0.3 is 0 Å². The highest BCUT2D eigenvalue weighted by Crippen LogP contribution is 2.29. The zero-order chi connectivity index (χ0) is 16.2. The summed E-state index contributed by atoms with van der Waals surface area (Å²) in [4.78, 5) is 0. The van der Waals surface area contributed by atoms with E-state index in [1.54, 1.807) is 19.2 Å². The maximum absolute atomic E-state index is 10.5. The Bertz CT molecular complexity index is 782. The van der Waals surface area contributed by atoms with Crippen molar-refractivity contribution in [3.05, 3.63) is 83.9 Å². The van der Waals surface area contributed by atoms with Crippen molar-refractivity contribution in [3.63, 3.8) is 0 Å². The molecule has 3 aromatic rings. The van der Waals surface area contributed by atoms with Crippen LogP contribution in [-0.4, -0.2) is 12.2 Å². The molecule has 116 valence electrons. The molecule has 3 aromatic carbocycles. The van der Waals surface area contributed by atoms with Gasteiger partial charge in [0.1, 0.15) is 11.9 Å². The van der Waals surface area contributed by atoms with Crippen molar-refractivity contribution in [1.29, 1.82) is 0 Å². The number of rotatable bonds is 4. The van der Waals surface area contributed by atoms with Crippen LogP contribution in [0.5, 0.6) is 5.75 Å². The van der Waals surface area contributed by atoms with Gasteiger partial charge in [-0.2, -0.15) is 0 Å². The lowest BCUT2D eigenvalue weighted by Gasteiger charge is -2.14. The molecule has 0 aliphatic heterocycles. The Balaban J connectivity index is 1.85. The number of methoxy groups -OCH3 is 1. The van der Waals surface area contributed by atoms with Crippen LogP contribution in [0.4, 0.5) is 5.69 Å². The Morgan fingerprint density at radius 2 is 1.43 bits per heavy atom. The normalized spacial score (nSPS) is 11.9. The Morgan fingerprint density at radius 3 is 2.04 bits per heavy atom. The van der Waals surface area contributed by atoms with Gasteiger partial charge in [0.25, 0.3) is 0 Å². The third kappa shape index (κ3) is 3.20. The smallest absolute Gasteiger partial charge is 0.141 e. The van der Waals surface area contributed by atoms with Crippen molar-refractivity contribution in [2.24, 2.45) is 0 Å². The molecule has 0 aromatic heterocycles. The van der Waals surface area contributed by atoms with Crippen LogP contribution in [0.1, 0.15) is 17.2 Å². The van der Waals surface area contributed by atoms with Gasteiger partial charge in [0, 0.05) is 0 Å². The van der Waals surface area contributed by atoms with Crippen LogP contribution < -0.4 is 10.5 Å². The number of aliphatic hydroxyl groups excluding tert-OH is 1. The fourth-order valence-electron chi connectivity index (χ4n) is 2.60. The first-order valence-electron chi connectivity index (χ1n) is 7.46. The van der Waals surface area contributed by atoms with Crippen molar-refractivity contribution >= 4 is 5.69 Å². The number of benzene rings is 3. The summed E-state index contributed by atoms with van der Waals surface area (Å²) in [5, 5.41) is 10.5. The van der Waals surface area contributed by atoms with E-state index in [2.05, 4.69) is 12.1 Å². The van der Waals surface area contributed by atoms with Crippen LogP contribution in [0.25, 0.3) is 11.1 Å². The Labute approximate surface area is 136 Å². The fourth-order valence-corrected chi connectivity index (χ4v) is 2.60. The topological polar surface area (TPSA) is 55.5 Å². The molecule has 0 bridgehead atoms. The first-order valence-corrected chi connectivity index (χ1v) is 7.46. The third-order valence-corrected chi connectivity index (χ3v) is 3.90. The first kappa shape index (κ1) is 15.1. The lowest BCUT2D eigenvalue weighted by atomic mass is 9.98. The van der Waals surface area contributed by atoms with Crippen LogP contribution >= 0.6 is 0 Å². The largest absolute Gasteiger partial charge is 0.495 e. The average Bonchev–Trinajstić information content (AvgIpc) is 2.62. The molecular weight excluding hydrogens is 286 g/mol. The molecule has 0 fully saturated rings.